The largest absolute Gasteiger partial charge is 0.451 e. The average Bonchev–Trinajstić information content (AvgIpc) is 3.24. The third kappa shape index (κ3) is 4.76. The number of hydrogen-bond acceptors (Lipinski definition) is 2. The van der Waals surface area contributed by atoms with E-state index in [1.54, 1.807) is 35.2 Å². The van der Waals surface area contributed by atoms with Crippen molar-refractivity contribution >= 4 is 29.1 Å². The lowest BCUT2D eigenvalue weighted by atomic mass is 10.1. The number of nitrogens with zero attached hydrogens (tertiary/aromatic N) is 1. The highest BCUT2D eigenvalue weighted by Gasteiger charge is 2.21. The van der Waals surface area contributed by atoms with Crippen LogP contribution in [0.2, 0.25) is 10.0 Å². The maximum absolute atomic E-state index is 13.3. The Balaban J connectivity index is 1.62. The van der Waals surface area contributed by atoms with Crippen molar-refractivity contribution in [3.63, 3.8) is 0 Å². The highest BCUT2D eigenvalue weighted by Crippen LogP contribution is 2.32. The summed E-state index contributed by atoms with van der Waals surface area (Å²) in [5.74, 6) is 0.612. The number of halogens is 2. The minimum absolute atomic E-state index is 0.181. The van der Waals surface area contributed by atoms with Gasteiger partial charge in [0.25, 0.3) is 5.91 Å². The van der Waals surface area contributed by atoms with Crippen LogP contribution in [-0.4, -0.2) is 10.8 Å². The first-order valence-electron chi connectivity index (χ1n) is 9.52. The van der Waals surface area contributed by atoms with Gasteiger partial charge in [-0.2, -0.15) is 0 Å². The number of carbonyl (C=O) groups is 1. The van der Waals surface area contributed by atoms with Gasteiger partial charge in [0.2, 0.25) is 0 Å². The van der Waals surface area contributed by atoms with Crippen LogP contribution in [0.5, 0.6) is 0 Å². The number of benzene rings is 3. The van der Waals surface area contributed by atoms with Gasteiger partial charge < -0.3 is 9.32 Å². The van der Waals surface area contributed by atoms with Crippen LogP contribution in [0.25, 0.3) is 11.3 Å². The SMILES string of the molecule is O=C(c1ccc(-c2ccc(Cl)cc2Cl)o1)N(Cc1ccccc1)Cc1ccccc1. The Labute approximate surface area is 185 Å². The molecule has 0 atom stereocenters. The molecule has 0 radical (unpaired) electrons. The second-order valence-electron chi connectivity index (χ2n) is 6.92. The van der Waals surface area contributed by atoms with Crippen molar-refractivity contribution in [3.8, 4) is 11.3 Å². The van der Waals surface area contributed by atoms with Crippen LogP contribution in [0.3, 0.4) is 0 Å². The van der Waals surface area contributed by atoms with Crippen LogP contribution < -0.4 is 0 Å². The van der Waals surface area contributed by atoms with E-state index in [9.17, 15) is 4.79 Å². The molecule has 4 aromatic rings. The van der Waals surface area contributed by atoms with Crippen molar-refractivity contribution in [1.82, 2.24) is 4.90 Å². The Morgan fingerprint density at radius 3 is 1.93 bits per heavy atom. The lowest BCUT2D eigenvalue weighted by Crippen LogP contribution is -2.29. The lowest BCUT2D eigenvalue weighted by Gasteiger charge is -2.22. The monoisotopic (exact) mass is 435 g/mol. The number of hydrogen-bond donors (Lipinski definition) is 0. The van der Waals surface area contributed by atoms with Gasteiger partial charge in [-0.1, -0.05) is 83.9 Å². The second kappa shape index (κ2) is 9.21. The summed E-state index contributed by atoms with van der Waals surface area (Å²) in [6.45, 7) is 0.957. The van der Waals surface area contributed by atoms with Crippen LogP contribution in [0.4, 0.5) is 0 Å². The summed E-state index contributed by atoms with van der Waals surface area (Å²) in [6, 6.07) is 28.4. The van der Waals surface area contributed by atoms with Gasteiger partial charge in [0.1, 0.15) is 5.76 Å². The van der Waals surface area contributed by atoms with Crippen LogP contribution >= 0.6 is 23.2 Å². The zero-order valence-electron chi connectivity index (χ0n) is 16.1. The van der Waals surface area contributed by atoms with Crippen molar-refractivity contribution in [2.24, 2.45) is 0 Å². The molecule has 0 unspecified atom stereocenters. The van der Waals surface area contributed by atoms with Crippen LogP contribution in [-0.2, 0) is 13.1 Å². The number of rotatable bonds is 6. The predicted molar refractivity (Wildman–Crippen MR) is 121 cm³/mol. The smallest absolute Gasteiger partial charge is 0.290 e. The molecule has 5 heteroatoms. The van der Waals surface area contributed by atoms with Crippen molar-refractivity contribution in [3.05, 3.63) is 118 Å². The molecule has 3 aromatic carbocycles. The van der Waals surface area contributed by atoms with E-state index in [1.807, 2.05) is 60.7 Å². The standard InChI is InChI=1S/C25H19Cl2NO2/c26-20-11-12-21(22(27)15-20)23-13-14-24(30-23)25(29)28(16-18-7-3-1-4-8-18)17-19-9-5-2-6-10-19/h1-15H,16-17H2. The van der Waals surface area contributed by atoms with Gasteiger partial charge in [0.15, 0.2) is 5.76 Å². The summed E-state index contributed by atoms with van der Waals surface area (Å²) >= 11 is 12.3. The molecule has 0 aliphatic heterocycles. The van der Waals surface area contributed by atoms with Gasteiger partial charge in [0.05, 0.1) is 5.02 Å². The highest BCUT2D eigenvalue weighted by molar-refractivity contribution is 6.36. The zero-order valence-corrected chi connectivity index (χ0v) is 17.6. The summed E-state index contributed by atoms with van der Waals surface area (Å²) in [5, 5.41) is 1.02. The number of furan rings is 1. The van der Waals surface area contributed by atoms with E-state index < -0.39 is 0 Å². The van der Waals surface area contributed by atoms with Gasteiger partial charge in [-0.25, -0.2) is 0 Å². The van der Waals surface area contributed by atoms with Gasteiger partial charge >= 0.3 is 0 Å². The molecule has 1 aromatic heterocycles. The van der Waals surface area contributed by atoms with Crippen molar-refractivity contribution in [2.75, 3.05) is 0 Å². The first-order chi connectivity index (χ1) is 14.6. The molecule has 0 N–H and O–H groups in total. The normalized spacial score (nSPS) is 10.7. The Morgan fingerprint density at radius 1 is 0.767 bits per heavy atom. The molecule has 4 rings (SSSR count). The van der Waals surface area contributed by atoms with E-state index in [0.717, 1.165) is 11.1 Å². The van der Waals surface area contributed by atoms with E-state index in [2.05, 4.69) is 0 Å². The van der Waals surface area contributed by atoms with E-state index >= 15 is 0 Å². The summed E-state index contributed by atoms with van der Waals surface area (Å²) < 4.78 is 5.89. The van der Waals surface area contributed by atoms with Crippen molar-refractivity contribution < 1.29 is 9.21 Å². The van der Waals surface area contributed by atoms with E-state index in [1.165, 1.54) is 0 Å². The third-order valence-electron chi connectivity index (χ3n) is 4.73. The van der Waals surface area contributed by atoms with Crippen molar-refractivity contribution in [2.45, 2.75) is 13.1 Å². The Bertz CT molecular complexity index is 1100. The quantitative estimate of drug-likeness (QED) is 0.323. The topological polar surface area (TPSA) is 33.5 Å². The van der Waals surface area contributed by atoms with Gasteiger partial charge in [0, 0.05) is 23.7 Å². The van der Waals surface area contributed by atoms with Gasteiger partial charge in [-0.15, -0.1) is 0 Å². The minimum atomic E-state index is -0.181. The first-order valence-corrected chi connectivity index (χ1v) is 10.3. The van der Waals surface area contributed by atoms with Gasteiger partial charge in [-0.05, 0) is 41.5 Å². The lowest BCUT2D eigenvalue weighted by molar-refractivity contribution is 0.0698. The maximum atomic E-state index is 13.3. The fourth-order valence-electron chi connectivity index (χ4n) is 3.25. The molecule has 0 saturated carbocycles. The molecule has 1 heterocycles. The summed E-state index contributed by atoms with van der Waals surface area (Å²) in [7, 11) is 0. The molecule has 0 aliphatic rings. The Morgan fingerprint density at radius 2 is 1.37 bits per heavy atom. The van der Waals surface area contributed by atoms with Crippen LogP contribution in [0.1, 0.15) is 21.7 Å². The second-order valence-corrected chi connectivity index (χ2v) is 7.76. The third-order valence-corrected chi connectivity index (χ3v) is 5.28. The molecular weight excluding hydrogens is 417 g/mol. The number of carbonyl (C=O) groups excluding carboxylic acids is 1. The first kappa shape index (κ1) is 20.3. The van der Waals surface area contributed by atoms with E-state index in [0.29, 0.717) is 34.5 Å². The average molecular weight is 436 g/mol. The Kier molecular flexibility index (Phi) is 6.22. The fraction of sp³-hybridized carbons (Fsp3) is 0.0800. The molecule has 0 spiro atoms. The summed E-state index contributed by atoms with van der Waals surface area (Å²) in [6.07, 6.45) is 0. The van der Waals surface area contributed by atoms with Gasteiger partial charge in [-0.3, -0.25) is 4.79 Å². The Hall–Kier alpha value is -3.01. The zero-order chi connectivity index (χ0) is 20.9. The van der Waals surface area contributed by atoms with Crippen LogP contribution in [0, 0.1) is 0 Å². The number of amides is 1. The molecule has 3 nitrogen and oxygen atoms in total. The highest BCUT2D eigenvalue weighted by atomic mass is 35.5. The molecule has 0 aliphatic carbocycles. The summed E-state index contributed by atoms with van der Waals surface area (Å²) in [4.78, 5) is 15.1. The van der Waals surface area contributed by atoms with Crippen molar-refractivity contribution in [1.29, 1.82) is 0 Å². The molecule has 0 bridgehead atoms. The van der Waals surface area contributed by atoms with Crippen LogP contribution in [0.15, 0.2) is 95.4 Å². The molecule has 0 saturated heterocycles. The molecule has 1 amide bonds. The molecule has 0 fully saturated rings. The molecule has 30 heavy (non-hydrogen) atoms. The molecule has 150 valence electrons. The molecular formula is C25H19Cl2NO2. The van der Waals surface area contributed by atoms with E-state index in [4.69, 9.17) is 27.6 Å². The summed E-state index contributed by atoms with van der Waals surface area (Å²) in [5.41, 5.74) is 2.79. The fourth-order valence-corrected chi connectivity index (χ4v) is 3.75. The minimum Gasteiger partial charge on any atom is -0.451 e. The maximum Gasteiger partial charge on any atom is 0.290 e. The predicted octanol–water partition coefficient (Wildman–Crippen LogP) is 7.10. The van der Waals surface area contributed by atoms with E-state index in [-0.39, 0.29) is 11.7 Å².